The first-order valence-corrected chi connectivity index (χ1v) is 6.88. The summed E-state index contributed by atoms with van der Waals surface area (Å²) in [6.45, 7) is 0. The molecule has 2 rings (SSSR count). The van der Waals surface area contributed by atoms with Gasteiger partial charge in [0, 0.05) is 17.5 Å². The van der Waals surface area contributed by atoms with Crippen molar-refractivity contribution in [2.75, 3.05) is 11.5 Å². The minimum Gasteiger partial charge on any atom is -0.384 e. The van der Waals surface area contributed by atoms with Crippen molar-refractivity contribution < 1.29 is 0 Å². The lowest BCUT2D eigenvalue weighted by molar-refractivity contribution is 0.559. The summed E-state index contributed by atoms with van der Waals surface area (Å²) >= 11 is 2.02. The summed E-state index contributed by atoms with van der Waals surface area (Å²) in [5.74, 6) is 1.85. The number of pyridine rings is 1. The van der Waals surface area contributed by atoms with Gasteiger partial charge in [-0.2, -0.15) is 11.8 Å². The Morgan fingerprint density at radius 3 is 3.06 bits per heavy atom. The van der Waals surface area contributed by atoms with Crippen molar-refractivity contribution in [2.45, 2.75) is 37.0 Å². The number of nitrogen functional groups attached to an aromatic ring is 1. The maximum absolute atomic E-state index is 6.25. The summed E-state index contributed by atoms with van der Waals surface area (Å²) in [5, 5.41) is 0.614. The topological polar surface area (TPSA) is 64.9 Å². The van der Waals surface area contributed by atoms with Crippen molar-refractivity contribution in [3.05, 3.63) is 23.9 Å². The van der Waals surface area contributed by atoms with Gasteiger partial charge in [0.05, 0.1) is 0 Å². The SMILES string of the molecule is Nc1cc(CC(N)C2CCCCS2)ccn1. The monoisotopic (exact) mass is 237 g/mol. The molecule has 0 saturated carbocycles. The molecule has 2 atom stereocenters. The lowest BCUT2D eigenvalue weighted by atomic mass is 10.0. The molecular formula is C12H19N3S. The summed E-state index contributed by atoms with van der Waals surface area (Å²) in [5.41, 5.74) is 13.1. The van der Waals surface area contributed by atoms with Crippen LogP contribution in [0.4, 0.5) is 5.82 Å². The second kappa shape index (κ2) is 5.55. The number of thioether (sulfide) groups is 1. The largest absolute Gasteiger partial charge is 0.384 e. The number of nitrogens with zero attached hydrogens (tertiary/aromatic N) is 1. The van der Waals surface area contributed by atoms with E-state index in [4.69, 9.17) is 11.5 Å². The molecule has 0 bridgehead atoms. The fraction of sp³-hybridized carbons (Fsp3) is 0.583. The van der Waals surface area contributed by atoms with Gasteiger partial charge in [-0.25, -0.2) is 4.98 Å². The van der Waals surface area contributed by atoms with Crippen LogP contribution in [-0.2, 0) is 6.42 Å². The molecule has 0 aromatic carbocycles. The number of nitrogens with two attached hydrogens (primary N) is 2. The van der Waals surface area contributed by atoms with Crippen molar-refractivity contribution in [3.63, 3.8) is 0 Å². The molecule has 2 heterocycles. The second-order valence-electron chi connectivity index (χ2n) is 4.36. The molecule has 88 valence electrons. The molecule has 16 heavy (non-hydrogen) atoms. The molecule has 1 aliphatic heterocycles. The predicted octanol–water partition coefficient (Wildman–Crippen LogP) is 1.82. The Balaban J connectivity index is 1.93. The van der Waals surface area contributed by atoms with E-state index in [2.05, 4.69) is 4.98 Å². The van der Waals surface area contributed by atoms with Gasteiger partial charge in [-0.3, -0.25) is 0 Å². The zero-order valence-corrected chi connectivity index (χ0v) is 10.2. The average molecular weight is 237 g/mol. The van der Waals surface area contributed by atoms with E-state index in [1.165, 1.54) is 30.6 Å². The summed E-state index contributed by atoms with van der Waals surface area (Å²) < 4.78 is 0. The van der Waals surface area contributed by atoms with Crippen molar-refractivity contribution in [1.82, 2.24) is 4.98 Å². The standard InChI is InChI=1S/C12H19N3S/c13-10(11-3-1-2-6-16-11)7-9-4-5-15-12(14)8-9/h4-5,8,10-11H,1-3,6-7,13H2,(H2,14,15). The molecule has 1 saturated heterocycles. The van der Waals surface area contributed by atoms with Crippen LogP contribution in [0.25, 0.3) is 0 Å². The Morgan fingerprint density at radius 1 is 1.50 bits per heavy atom. The maximum Gasteiger partial charge on any atom is 0.123 e. The molecule has 4 heteroatoms. The number of rotatable bonds is 3. The van der Waals surface area contributed by atoms with Crippen molar-refractivity contribution >= 4 is 17.6 Å². The number of aromatic nitrogens is 1. The molecule has 1 aromatic rings. The Morgan fingerprint density at radius 2 is 2.38 bits per heavy atom. The average Bonchev–Trinajstić information content (AvgIpc) is 2.30. The van der Waals surface area contributed by atoms with Gasteiger partial charge in [0.15, 0.2) is 0 Å². The van der Waals surface area contributed by atoms with Crippen LogP contribution < -0.4 is 11.5 Å². The van der Waals surface area contributed by atoms with Crippen LogP contribution in [-0.4, -0.2) is 22.0 Å². The zero-order chi connectivity index (χ0) is 11.4. The molecule has 0 amide bonds. The molecule has 0 radical (unpaired) electrons. The highest BCUT2D eigenvalue weighted by Gasteiger charge is 2.21. The van der Waals surface area contributed by atoms with Gasteiger partial charge in [-0.1, -0.05) is 6.42 Å². The van der Waals surface area contributed by atoms with Gasteiger partial charge in [-0.05, 0) is 42.7 Å². The highest BCUT2D eigenvalue weighted by Crippen LogP contribution is 2.28. The number of anilines is 1. The summed E-state index contributed by atoms with van der Waals surface area (Å²) in [6.07, 6.45) is 6.59. The molecule has 1 aliphatic rings. The van der Waals surface area contributed by atoms with E-state index in [0.29, 0.717) is 11.1 Å². The van der Waals surface area contributed by atoms with Gasteiger partial charge < -0.3 is 11.5 Å². The minimum atomic E-state index is 0.243. The van der Waals surface area contributed by atoms with E-state index in [1.54, 1.807) is 6.20 Å². The summed E-state index contributed by atoms with van der Waals surface area (Å²) in [4.78, 5) is 3.99. The fourth-order valence-electron chi connectivity index (χ4n) is 2.13. The van der Waals surface area contributed by atoms with Crippen LogP contribution in [0.3, 0.4) is 0 Å². The predicted molar refractivity (Wildman–Crippen MR) is 70.4 cm³/mol. The summed E-state index contributed by atoms with van der Waals surface area (Å²) in [6, 6.07) is 4.17. The second-order valence-corrected chi connectivity index (χ2v) is 5.71. The van der Waals surface area contributed by atoms with Gasteiger partial charge in [0.25, 0.3) is 0 Å². The number of hydrogen-bond acceptors (Lipinski definition) is 4. The van der Waals surface area contributed by atoms with Crippen LogP contribution in [0, 0.1) is 0 Å². The smallest absolute Gasteiger partial charge is 0.123 e. The quantitative estimate of drug-likeness (QED) is 0.841. The molecular weight excluding hydrogens is 218 g/mol. The third-order valence-electron chi connectivity index (χ3n) is 3.01. The molecule has 0 aliphatic carbocycles. The lowest BCUT2D eigenvalue weighted by Gasteiger charge is -2.27. The van der Waals surface area contributed by atoms with Gasteiger partial charge in [0.1, 0.15) is 5.82 Å². The molecule has 1 aromatic heterocycles. The third-order valence-corrected chi connectivity index (χ3v) is 4.55. The van der Waals surface area contributed by atoms with Gasteiger partial charge in [-0.15, -0.1) is 0 Å². The molecule has 4 N–H and O–H groups in total. The Kier molecular flexibility index (Phi) is 4.07. The van der Waals surface area contributed by atoms with E-state index in [1.807, 2.05) is 23.9 Å². The van der Waals surface area contributed by atoms with Crippen molar-refractivity contribution in [1.29, 1.82) is 0 Å². The van der Waals surface area contributed by atoms with Crippen LogP contribution >= 0.6 is 11.8 Å². The first kappa shape index (κ1) is 11.7. The van der Waals surface area contributed by atoms with Crippen molar-refractivity contribution in [2.24, 2.45) is 5.73 Å². The highest BCUT2D eigenvalue weighted by atomic mass is 32.2. The number of hydrogen-bond donors (Lipinski definition) is 2. The van der Waals surface area contributed by atoms with Crippen LogP contribution in [0.1, 0.15) is 24.8 Å². The van der Waals surface area contributed by atoms with E-state index >= 15 is 0 Å². The van der Waals surface area contributed by atoms with Crippen LogP contribution in [0.5, 0.6) is 0 Å². The Labute approximate surface area is 101 Å². The highest BCUT2D eigenvalue weighted by molar-refractivity contribution is 8.00. The zero-order valence-electron chi connectivity index (χ0n) is 9.43. The Hall–Kier alpha value is -0.740. The molecule has 1 fully saturated rings. The van der Waals surface area contributed by atoms with Gasteiger partial charge >= 0.3 is 0 Å². The van der Waals surface area contributed by atoms with E-state index in [9.17, 15) is 0 Å². The summed E-state index contributed by atoms with van der Waals surface area (Å²) in [7, 11) is 0. The molecule has 3 nitrogen and oxygen atoms in total. The van der Waals surface area contributed by atoms with Crippen molar-refractivity contribution in [3.8, 4) is 0 Å². The lowest BCUT2D eigenvalue weighted by Crippen LogP contribution is -2.36. The van der Waals surface area contributed by atoms with Crippen LogP contribution in [0.2, 0.25) is 0 Å². The Bertz CT molecular complexity index is 337. The fourth-order valence-corrected chi connectivity index (χ4v) is 3.48. The molecule has 2 unspecified atom stereocenters. The first-order chi connectivity index (χ1) is 7.75. The normalized spacial score (nSPS) is 22.9. The van der Waals surface area contributed by atoms with E-state index in [-0.39, 0.29) is 6.04 Å². The molecule has 0 spiro atoms. The third kappa shape index (κ3) is 3.12. The van der Waals surface area contributed by atoms with Crippen LogP contribution in [0.15, 0.2) is 18.3 Å². The van der Waals surface area contributed by atoms with Gasteiger partial charge in [0.2, 0.25) is 0 Å². The van der Waals surface area contributed by atoms with E-state index in [0.717, 1.165) is 6.42 Å². The van der Waals surface area contributed by atoms with E-state index < -0.39 is 0 Å². The minimum absolute atomic E-state index is 0.243. The first-order valence-electron chi connectivity index (χ1n) is 5.83. The maximum atomic E-state index is 6.25.